The molecule has 40 valence electrons. The van der Waals surface area contributed by atoms with Crippen molar-refractivity contribution in [2.75, 3.05) is 0 Å². The van der Waals surface area contributed by atoms with Crippen LogP contribution in [0.5, 0.6) is 0 Å². The van der Waals surface area contributed by atoms with E-state index in [1.165, 1.54) is 6.17 Å². The molecule has 0 nitrogen and oxygen atoms in total. The molecule has 0 aliphatic heterocycles. The molecule has 0 radical (unpaired) electrons. The van der Waals surface area contributed by atoms with Crippen LogP contribution in [0.3, 0.4) is 0 Å². The number of hydrogen-bond donors (Lipinski definition) is 0. The van der Waals surface area contributed by atoms with Gasteiger partial charge in [0.25, 0.3) is 0 Å². The maximum absolute atomic E-state index is 11.2. The first-order valence-electron chi connectivity index (χ1n) is 2.19. The van der Waals surface area contributed by atoms with Crippen molar-refractivity contribution in [1.29, 1.82) is 0 Å². The van der Waals surface area contributed by atoms with Crippen LogP contribution in [0.2, 0.25) is 19.6 Å². The number of halogens is 1. The standard InChI is InChI=1S/C5H9FSi/c1-7(2,3)5-4-6/h1-3H3. The van der Waals surface area contributed by atoms with Crippen molar-refractivity contribution in [3.05, 3.63) is 0 Å². The topological polar surface area (TPSA) is 0 Å². The second-order valence-electron chi connectivity index (χ2n) is 2.47. The highest BCUT2D eigenvalue weighted by Gasteiger charge is 2.06. The molecule has 0 unspecified atom stereocenters. The highest BCUT2D eigenvalue weighted by Crippen LogP contribution is 1.95. The number of hydrogen-bond acceptors (Lipinski definition) is 0. The van der Waals surface area contributed by atoms with E-state index >= 15 is 0 Å². The van der Waals surface area contributed by atoms with Gasteiger partial charge in [-0.2, -0.15) is 0 Å². The largest absolute Gasteiger partial charge is 0.145 e. The molecule has 0 fully saturated rings. The van der Waals surface area contributed by atoms with E-state index in [-0.39, 0.29) is 0 Å². The zero-order valence-corrected chi connectivity index (χ0v) is 5.88. The summed E-state index contributed by atoms with van der Waals surface area (Å²) in [5.74, 6) is 0. The summed E-state index contributed by atoms with van der Waals surface area (Å²) in [4.78, 5) is 0. The molecule has 0 atom stereocenters. The lowest BCUT2D eigenvalue weighted by Crippen LogP contribution is -2.15. The van der Waals surface area contributed by atoms with Crippen LogP contribution < -0.4 is 0 Å². The fourth-order valence-corrected chi connectivity index (χ4v) is 0.425. The first-order chi connectivity index (χ1) is 3.06. The third-order valence-electron chi connectivity index (χ3n) is 0.422. The molecule has 0 aliphatic carbocycles. The summed E-state index contributed by atoms with van der Waals surface area (Å²) >= 11 is 0. The summed E-state index contributed by atoms with van der Waals surface area (Å²) in [6.07, 6.45) is 1.42. The fraction of sp³-hybridized carbons (Fsp3) is 0.600. The molecule has 0 aromatic rings. The van der Waals surface area contributed by atoms with Crippen molar-refractivity contribution in [1.82, 2.24) is 0 Å². The van der Waals surface area contributed by atoms with Crippen molar-refractivity contribution < 1.29 is 4.39 Å². The van der Waals surface area contributed by atoms with E-state index in [4.69, 9.17) is 0 Å². The molecule has 0 bridgehead atoms. The summed E-state index contributed by atoms with van der Waals surface area (Å²) in [6, 6.07) is 0. The van der Waals surface area contributed by atoms with E-state index in [2.05, 4.69) is 5.54 Å². The molecule has 0 saturated carbocycles. The molecule has 2 heteroatoms. The van der Waals surface area contributed by atoms with Gasteiger partial charge >= 0.3 is 0 Å². The summed E-state index contributed by atoms with van der Waals surface area (Å²) in [5.41, 5.74) is 2.51. The summed E-state index contributed by atoms with van der Waals surface area (Å²) in [7, 11) is -1.39. The third-order valence-corrected chi connectivity index (χ3v) is 1.27. The molecule has 0 heterocycles. The Morgan fingerprint density at radius 1 is 1.29 bits per heavy atom. The van der Waals surface area contributed by atoms with Crippen LogP contribution in [-0.4, -0.2) is 8.07 Å². The Bertz CT molecular complexity index is 101. The van der Waals surface area contributed by atoms with Crippen molar-refractivity contribution in [2.24, 2.45) is 0 Å². The van der Waals surface area contributed by atoms with Gasteiger partial charge in [-0.15, -0.1) is 4.39 Å². The molecular weight excluding hydrogens is 107 g/mol. The fourth-order valence-electron chi connectivity index (χ4n) is 0.142. The maximum atomic E-state index is 11.2. The Morgan fingerprint density at radius 3 is 1.71 bits per heavy atom. The van der Waals surface area contributed by atoms with Crippen molar-refractivity contribution >= 4 is 8.07 Å². The van der Waals surface area contributed by atoms with E-state index in [0.717, 1.165) is 0 Å². The van der Waals surface area contributed by atoms with Gasteiger partial charge in [0.05, 0.1) is 6.17 Å². The quantitative estimate of drug-likeness (QED) is 0.334. The summed E-state index contributed by atoms with van der Waals surface area (Å²) in [6.45, 7) is 6.00. The highest BCUT2D eigenvalue weighted by atomic mass is 28.3. The average molecular weight is 116 g/mol. The number of rotatable bonds is 0. The molecule has 0 aromatic heterocycles. The molecule has 0 amide bonds. The monoisotopic (exact) mass is 116 g/mol. The SMILES string of the molecule is C[Si](C)(C)C#CF. The van der Waals surface area contributed by atoms with Crippen LogP contribution in [0.1, 0.15) is 0 Å². The van der Waals surface area contributed by atoms with Crippen molar-refractivity contribution in [3.63, 3.8) is 0 Å². The predicted molar refractivity (Wildman–Crippen MR) is 32.2 cm³/mol. The van der Waals surface area contributed by atoms with E-state index in [1.54, 1.807) is 0 Å². The van der Waals surface area contributed by atoms with Gasteiger partial charge in [0.1, 0.15) is 8.07 Å². The molecule has 0 saturated heterocycles. The van der Waals surface area contributed by atoms with E-state index in [0.29, 0.717) is 0 Å². The molecular formula is C5H9FSi. The Balaban J connectivity index is 3.72. The van der Waals surface area contributed by atoms with Crippen LogP contribution >= 0.6 is 0 Å². The summed E-state index contributed by atoms with van der Waals surface area (Å²) < 4.78 is 11.2. The third kappa shape index (κ3) is 5.71. The Hall–Kier alpha value is -0.293. The predicted octanol–water partition coefficient (Wildman–Crippen LogP) is 1.79. The molecule has 0 spiro atoms. The smallest absolute Gasteiger partial charge is 0.132 e. The minimum absolute atomic E-state index is 1.39. The second kappa shape index (κ2) is 2.13. The van der Waals surface area contributed by atoms with Gasteiger partial charge in [0.2, 0.25) is 0 Å². The molecule has 0 aromatic carbocycles. The Labute approximate surface area is 44.7 Å². The van der Waals surface area contributed by atoms with Gasteiger partial charge in [-0.3, -0.25) is 0 Å². The molecule has 0 N–H and O–H groups in total. The van der Waals surface area contributed by atoms with E-state index in [9.17, 15) is 4.39 Å². The first-order valence-corrected chi connectivity index (χ1v) is 5.69. The minimum atomic E-state index is -1.39. The van der Waals surface area contributed by atoms with E-state index < -0.39 is 8.07 Å². The average Bonchev–Trinajstić information content (AvgIpc) is 1.30. The first kappa shape index (κ1) is 6.71. The van der Waals surface area contributed by atoms with Crippen LogP contribution in [0.25, 0.3) is 0 Å². The minimum Gasteiger partial charge on any atom is -0.145 e. The van der Waals surface area contributed by atoms with Crippen LogP contribution in [0, 0.1) is 11.7 Å². The van der Waals surface area contributed by atoms with Crippen LogP contribution in [0.15, 0.2) is 0 Å². The van der Waals surface area contributed by atoms with Gasteiger partial charge in [-0.25, -0.2) is 0 Å². The van der Waals surface area contributed by atoms with E-state index in [1.807, 2.05) is 19.6 Å². The normalized spacial score (nSPS) is 9.71. The van der Waals surface area contributed by atoms with Gasteiger partial charge < -0.3 is 0 Å². The van der Waals surface area contributed by atoms with Crippen LogP contribution in [-0.2, 0) is 0 Å². The second-order valence-corrected chi connectivity index (χ2v) is 7.22. The van der Waals surface area contributed by atoms with Gasteiger partial charge in [0, 0.05) is 0 Å². The highest BCUT2D eigenvalue weighted by molar-refractivity contribution is 6.83. The zero-order valence-electron chi connectivity index (χ0n) is 4.88. The zero-order chi connectivity index (χ0) is 5.91. The van der Waals surface area contributed by atoms with Gasteiger partial charge in [-0.05, 0) is 0 Å². The van der Waals surface area contributed by atoms with Crippen LogP contribution in [0.4, 0.5) is 4.39 Å². The molecule has 0 aliphatic rings. The lowest BCUT2D eigenvalue weighted by molar-refractivity contribution is 0.774. The van der Waals surface area contributed by atoms with Crippen molar-refractivity contribution in [3.8, 4) is 11.7 Å². The summed E-state index contributed by atoms with van der Waals surface area (Å²) in [5, 5.41) is 0. The molecule has 7 heavy (non-hydrogen) atoms. The van der Waals surface area contributed by atoms with Crippen molar-refractivity contribution in [2.45, 2.75) is 19.6 Å². The lowest BCUT2D eigenvalue weighted by atomic mass is 11.3. The maximum Gasteiger partial charge on any atom is 0.132 e. The van der Waals surface area contributed by atoms with Gasteiger partial charge in [-0.1, -0.05) is 25.2 Å². The Morgan fingerprint density at radius 2 is 1.71 bits per heavy atom. The lowest BCUT2D eigenvalue weighted by Gasteiger charge is -2.00. The Kier molecular flexibility index (Phi) is 2.04. The van der Waals surface area contributed by atoms with Gasteiger partial charge in [0.15, 0.2) is 0 Å². The molecule has 0 rings (SSSR count).